The zero-order valence-electron chi connectivity index (χ0n) is 11.7. The van der Waals surface area contributed by atoms with Gasteiger partial charge in [-0.05, 0) is 25.5 Å². The second-order valence-corrected chi connectivity index (χ2v) is 4.81. The monoisotopic (exact) mass is 297 g/mol. The van der Waals surface area contributed by atoms with E-state index in [1.165, 1.54) is 0 Å². The van der Waals surface area contributed by atoms with Crippen molar-refractivity contribution in [2.24, 2.45) is 5.73 Å². The van der Waals surface area contributed by atoms with E-state index in [4.69, 9.17) is 10.2 Å². The highest BCUT2D eigenvalue weighted by molar-refractivity contribution is 5.85. The Morgan fingerprint density at radius 1 is 1.50 bits per heavy atom. The highest BCUT2D eigenvalue weighted by atomic mass is 35.5. The maximum absolute atomic E-state index is 11.4. The number of carbonyl (C=O) groups is 1. The normalized spacial score (nSPS) is 11.9. The van der Waals surface area contributed by atoms with Crippen LogP contribution in [0.15, 0.2) is 22.6 Å². The van der Waals surface area contributed by atoms with E-state index in [1.807, 2.05) is 32.0 Å². The maximum atomic E-state index is 11.4. The summed E-state index contributed by atoms with van der Waals surface area (Å²) in [5.41, 5.74) is 8.32. The lowest BCUT2D eigenvalue weighted by Gasteiger charge is -2.05. The average Bonchev–Trinajstić information content (AvgIpc) is 2.72. The van der Waals surface area contributed by atoms with Crippen molar-refractivity contribution >= 4 is 29.4 Å². The van der Waals surface area contributed by atoms with Crippen molar-refractivity contribution in [1.82, 2.24) is 10.3 Å². The van der Waals surface area contributed by atoms with E-state index in [1.54, 1.807) is 0 Å². The summed E-state index contributed by atoms with van der Waals surface area (Å²) in [6, 6.07) is 5.72. The number of carbonyl (C=O) groups excluding carboxylic acids is 1. The minimum absolute atomic E-state index is 0. The Kier molecular flexibility index (Phi) is 5.98. The van der Waals surface area contributed by atoms with E-state index in [9.17, 15) is 4.79 Å². The molecule has 1 unspecified atom stereocenters. The first-order valence-electron chi connectivity index (χ1n) is 6.43. The van der Waals surface area contributed by atoms with Gasteiger partial charge in [0.05, 0.1) is 0 Å². The number of hydrogen-bond donors (Lipinski definition) is 2. The molecule has 1 amide bonds. The maximum Gasteiger partial charge on any atom is 0.221 e. The number of nitrogens with zero attached hydrogens (tertiary/aromatic N) is 1. The molecule has 0 aliphatic carbocycles. The molecule has 0 aliphatic heterocycles. The van der Waals surface area contributed by atoms with Crippen LogP contribution < -0.4 is 11.1 Å². The van der Waals surface area contributed by atoms with Crippen LogP contribution >= 0.6 is 12.4 Å². The van der Waals surface area contributed by atoms with Gasteiger partial charge in [-0.3, -0.25) is 4.79 Å². The second kappa shape index (κ2) is 7.26. The molecule has 1 aromatic heterocycles. The van der Waals surface area contributed by atoms with Crippen LogP contribution in [-0.2, 0) is 11.2 Å². The highest BCUT2D eigenvalue weighted by Gasteiger charge is 2.08. The molecular weight excluding hydrogens is 278 g/mol. The first-order valence-corrected chi connectivity index (χ1v) is 6.43. The van der Waals surface area contributed by atoms with Gasteiger partial charge in [0.15, 0.2) is 11.5 Å². The predicted molar refractivity (Wildman–Crippen MR) is 81.0 cm³/mol. The van der Waals surface area contributed by atoms with E-state index >= 15 is 0 Å². The fraction of sp³-hybridized carbons (Fsp3) is 0.429. The Labute approximate surface area is 124 Å². The average molecular weight is 298 g/mol. The van der Waals surface area contributed by atoms with Crippen molar-refractivity contribution in [2.75, 3.05) is 6.54 Å². The number of hydrogen-bond acceptors (Lipinski definition) is 4. The Morgan fingerprint density at radius 2 is 2.25 bits per heavy atom. The molecule has 0 saturated carbocycles. The molecule has 2 aromatic rings. The molecular formula is C14H20ClN3O2. The lowest BCUT2D eigenvalue weighted by atomic mass is 10.2. The van der Waals surface area contributed by atoms with Crippen LogP contribution in [0, 0.1) is 6.92 Å². The van der Waals surface area contributed by atoms with Crippen LogP contribution in [-0.4, -0.2) is 23.5 Å². The Balaban J connectivity index is 0.00000200. The molecule has 3 N–H and O–H groups in total. The first kappa shape index (κ1) is 16.5. The Hall–Kier alpha value is -1.59. The molecule has 0 bridgehead atoms. The molecule has 0 aliphatic rings. The van der Waals surface area contributed by atoms with Crippen molar-refractivity contribution in [3.8, 4) is 0 Å². The number of fused-ring (bicyclic) bond motifs is 1. The van der Waals surface area contributed by atoms with Gasteiger partial charge in [0.1, 0.15) is 5.52 Å². The third kappa shape index (κ3) is 4.21. The number of benzene rings is 1. The molecule has 2 rings (SSSR count). The first-order chi connectivity index (χ1) is 9.06. The molecule has 0 saturated heterocycles. The van der Waals surface area contributed by atoms with Gasteiger partial charge >= 0.3 is 0 Å². The summed E-state index contributed by atoms with van der Waals surface area (Å²) in [5.74, 6) is 0.604. The second-order valence-electron chi connectivity index (χ2n) is 4.81. The smallest absolute Gasteiger partial charge is 0.221 e. The molecule has 5 nitrogen and oxygen atoms in total. The Bertz CT molecular complexity index is 581. The van der Waals surface area contributed by atoms with E-state index in [0.29, 0.717) is 25.3 Å². The van der Waals surface area contributed by atoms with Crippen LogP contribution in [0.4, 0.5) is 0 Å². The van der Waals surface area contributed by atoms with Crippen LogP contribution in [0.3, 0.4) is 0 Å². The molecule has 20 heavy (non-hydrogen) atoms. The standard InChI is InChI=1S/C14H19N3O2.ClH/c1-9-4-3-5-11-14(9)17-13(19-11)6-7-16-12(18)8-10(2)15;/h3-5,10H,6-8,15H2,1-2H3,(H,16,18);1H. The van der Waals surface area contributed by atoms with Gasteiger partial charge in [-0.2, -0.15) is 0 Å². The Morgan fingerprint density at radius 3 is 2.90 bits per heavy atom. The summed E-state index contributed by atoms with van der Waals surface area (Å²) < 4.78 is 5.62. The SMILES string of the molecule is Cc1cccc2oc(CCNC(=O)CC(C)N)nc12.Cl. The molecule has 6 heteroatoms. The number of rotatable bonds is 5. The topological polar surface area (TPSA) is 81.2 Å². The summed E-state index contributed by atoms with van der Waals surface area (Å²) >= 11 is 0. The lowest BCUT2D eigenvalue weighted by Crippen LogP contribution is -2.31. The van der Waals surface area contributed by atoms with Gasteiger partial charge in [0.2, 0.25) is 5.91 Å². The van der Waals surface area contributed by atoms with E-state index < -0.39 is 0 Å². The molecule has 0 spiro atoms. The zero-order chi connectivity index (χ0) is 13.8. The van der Waals surface area contributed by atoms with Gasteiger partial charge in [-0.1, -0.05) is 12.1 Å². The number of para-hydroxylation sites is 1. The van der Waals surface area contributed by atoms with Gasteiger partial charge in [-0.25, -0.2) is 4.98 Å². The summed E-state index contributed by atoms with van der Waals surface area (Å²) in [6.45, 7) is 4.32. The number of oxazole rings is 1. The summed E-state index contributed by atoms with van der Waals surface area (Å²) in [4.78, 5) is 15.9. The fourth-order valence-corrected chi connectivity index (χ4v) is 1.91. The highest BCUT2D eigenvalue weighted by Crippen LogP contribution is 2.18. The molecule has 1 heterocycles. The van der Waals surface area contributed by atoms with Crippen molar-refractivity contribution in [3.05, 3.63) is 29.7 Å². The number of aryl methyl sites for hydroxylation is 1. The number of amides is 1. The van der Waals surface area contributed by atoms with E-state index in [-0.39, 0.29) is 24.4 Å². The molecule has 1 atom stereocenters. The zero-order valence-corrected chi connectivity index (χ0v) is 12.5. The number of nitrogens with one attached hydrogen (secondary N) is 1. The predicted octanol–water partition coefficient (Wildman–Crippen LogP) is 1.95. The largest absolute Gasteiger partial charge is 0.441 e. The van der Waals surface area contributed by atoms with Crippen molar-refractivity contribution in [2.45, 2.75) is 32.7 Å². The lowest BCUT2D eigenvalue weighted by molar-refractivity contribution is -0.121. The molecule has 0 radical (unpaired) electrons. The number of aromatic nitrogens is 1. The van der Waals surface area contributed by atoms with E-state index in [2.05, 4.69) is 10.3 Å². The molecule has 110 valence electrons. The van der Waals surface area contributed by atoms with Crippen LogP contribution in [0.1, 0.15) is 24.8 Å². The van der Waals surface area contributed by atoms with Crippen molar-refractivity contribution in [3.63, 3.8) is 0 Å². The van der Waals surface area contributed by atoms with Crippen LogP contribution in [0.25, 0.3) is 11.1 Å². The third-order valence-electron chi connectivity index (χ3n) is 2.83. The fourth-order valence-electron chi connectivity index (χ4n) is 1.91. The van der Waals surface area contributed by atoms with Gasteiger partial charge < -0.3 is 15.5 Å². The van der Waals surface area contributed by atoms with Gasteiger partial charge in [0, 0.05) is 25.4 Å². The minimum atomic E-state index is -0.119. The quantitative estimate of drug-likeness (QED) is 0.884. The summed E-state index contributed by atoms with van der Waals surface area (Å²) in [7, 11) is 0. The van der Waals surface area contributed by atoms with Gasteiger partial charge in [-0.15, -0.1) is 12.4 Å². The number of halogens is 1. The van der Waals surface area contributed by atoms with Crippen LogP contribution in [0.2, 0.25) is 0 Å². The van der Waals surface area contributed by atoms with Crippen molar-refractivity contribution < 1.29 is 9.21 Å². The number of nitrogens with two attached hydrogens (primary N) is 1. The summed E-state index contributed by atoms with van der Waals surface area (Å²) in [5, 5.41) is 2.80. The molecule has 0 fully saturated rings. The van der Waals surface area contributed by atoms with E-state index in [0.717, 1.165) is 16.7 Å². The molecule has 1 aromatic carbocycles. The van der Waals surface area contributed by atoms with Crippen molar-refractivity contribution in [1.29, 1.82) is 0 Å². The van der Waals surface area contributed by atoms with Crippen LogP contribution in [0.5, 0.6) is 0 Å². The minimum Gasteiger partial charge on any atom is -0.441 e. The van der Waals surface area contributed by atoms with Gasteiger partial charge in [0.25, 0.3) is 0 Å². The summed E-state index contributed by atoms with van der Waals surface area (Å²) in [6.07, 6.45) is 0.922. The third-order valence-corrected chi connectivity index (χ3v) is 2.83.